The number of rotatable bonds is 6. The van der Waals surface area contributed by atoms with Crippen molar-refractivity contribution in [1.29, 1.82) is 0 Å². The van der Waals surface area contributed by atoms with Crippen LogP contribution in [0.4, 0.5) is 32.2 Å². The summed E-state index contributed by atoms with van der Waals surface area (Å²) in [6, 6.07) is 1.06. The van der Waals surface area contributed by atoms with Gasteiger partial charge in [0.15, 0.2) is 11.6 Å². The Balaban J connectivity index is 1.77. The quantitative estimate of drug-likeness (QED) is 0.460. The van der Waals surface area contributed by atoms with E-state index in [4.69, 9.17) is 0 Å². The van der Waals surface area contributed by atoms with Gasteiger partial charge < -0.3 is 5.32 Å². The highest BCUT2D eigenvalue weighted by Crippen LogP contribution is 2.38. The predicted octanol–water partition coefficient (Wildman–Crippen LogP) is 3.92. The van der Waals surface area contributed by atoms with Gasteiger partial charge in [0.1, 0.15) is 12.1 Å². The molecule has 0 amide bonds. The molecule has 1 aromatic carbocycles. The van der Waals surface area contributed by atoms with Crippen molar-refractivity contribution in [2.24, 2.45) is 0 Å². The molecule has 0 aliphatic rings. The Kier molecular flexibility index (Phi) is 6.04. The molecule has 162 valence electrons. The third-order valence-corrected chi connectivity index (χ3v) is 3.77. The molecule has 1 N–H and O–H groups in total. The van der Waals surface area contributed by atoms with E-state index in [2.05, 4.69) is 25.4 Å². The summed E-state index contributed by atoms with van der Waals surface area (Å²) in [5.74, 6) is -0.398. The number of anilines is 1. The largest absolute Gasteiger partial charge is 0.416 e. The molecule has 0 fully saturated rings. The van der Waals surface area contributed by atoms with E-state index in [9.17, 15) is 31.1 Å². The molecule has 3 rings (SSSR count). The van der Waals surface area contributed by atoms with E-state index in [1.54, 1.807) is 0 Å². The molecule has 7 nitrogen and oxygen atoms in total. The van der Waals surface area contributed by atoms with Gasteiger partial charge in [0.25, 0.3) is 0 Å². The first-order valence-corrected chi connectivity index (χ1v) is 8.44. The van der Waals surface area contributed by atoms with Crippen molar-refractivity contribution in [2.75, 3.05) is 11.9 Å². The maximum Gasteiger partial charge on any atom is 0.416 e. The summed E-state index contributed by atoms with van der Waals surface area (Å²) in [5, 5.41) is 6.53. The number of carbonyl (C=O) groups is 1. The Labute approximate surface area is 170 Å². The molecule has 0 saturated heterocycles. The molecule has 0 atom stereocenters. The first-order valence-electron chi connectivity index (χ1n) is 8.44. The van der Waals surface area contributed by atoms with E-state index in [0.717, 1.165) is 23.3 Å². The molecule has 0 bridgehead atoms. The number of nitrogens with one attached hydrogen (secondary N) is 1. The lowest BCUT2D eigenvalue weighted by atomic mass is 10.0. The van der Waals surface area contributed by atoms with E-state index in [1.165, 1.54) is 18.6 Å². The van der Waals surface area contributed by atoms with Crippen molar-refractivity contribution in [2.45, 2.75) is 12.4 Å². The minimum Gasteiger partial charge on any atom is -0.361 e. The van der Waals surface area contributed by atoms with Crippen molar-refractivity contribution in [1.82, 2.24) is 24.7 Å². The van der Waals surface area contributed by atoms with Crippen molar-refractivity contribution in [3.05, 3.63) is 60.3 Å². The van der Waals surface area contributed by atoms with Gasteiger partial charge >= 0.3 is 12.4 Å². The molecule has 0 saturated carbocycles. The number of halogens is 6. The summed E-state index contributed by atoms with van der Waals surface area (Å²) >= 11 is 0. The van der Waals surface area contributed by atoms with E-state index in [1.807, 2.05) is 0 Å². The molecule has 2 heterocycles. The monoisotopic (exact) mass is 442 g/mol. The van der Waals surface area contributed by atoms with Gasteiger partial charge in [-0.25, -0.2) is 14.6 Å². The minimum atomic E-state index is -4.99. The van der Waals surface area contributed by atoms with E-state index >= 15 is 0 Å². The molecule has 0 unspecified atom stereocenters. The Morgan fingerprint density at radius 2 is 1.68 bits per heavy atom. The second-order valence-corrected chi connectivity index (χ2v) is 6.07. The molecular formula is C18H12F6N6O. The Morgan fingerprint density at radius 3 is 2.26 bits per heavy atom. The number of benzene rings is 1. The maximum absolute atomic E-state index is 13.0. The average molecular weight is 442 g/mol. The van der Waals surface area contributed by atoms with Gasteiger partial charge in [-0.1, -0.05) is 0 Å². The Hall–Kier alpha value is -3.77. The van der Waals surface area contributed by atoms with Gasteiger partial charge in [-0.2, -0.15) is 26.3 Å². The van der Waals surface area contributed by atoms with Crippen LogP contribution < -0.4 is 5.32 Å². The van der Waals surface area contributed by atoms with E-state index < -0.39 is 34.8 Å². The topological polar surface area (TPSA) is 85.6 Å². The van der Waals surface area contributed by atoms with Crippen LogP contribution in [0.2, 0.25) is 0 Å². The highest BCUT2D eigenvalue weighted by atomic mass is 19.4. The molecule has 0 aliphatic heterocycles. The SMILES string of the molecule is O=C(/C=C\n1cnc(-c2cc(C(F)(F)F)cc(C(F)(F)F)c2)n1)CNc1cnccn1. The van der Waals surface area contributed by atoms with Gasteiger partial charge in [-0.05, 0) is 18.2 Å². The summed E-state index contributed by atoms with van der Waals surface area (Å²) in [7, 11) is 0. The number of alkyl halides is 6. The van der Waals surface area contributed by atoms with Crippen LogP contribution in [0.3, 0.4) is 0 Å². The zero-order valence-electron chi connectivity index (χ0n) is 15.3. The highest BCUT2D eigenvalue weighted by molar-refractivity contribution is 5.95. The third kappa shape index (κ3) is 5.87. The van der Waals surface area contributed by atoms with Gasteiger partial charge in [-0.3, -0.25) is 9.78 Å². The van der Waals surface area contributed by atoms with Crippen LogP contribution >= 0.6 is 0 Å². The van der Waals surface area contributed by atoms with Crippen molar-refractivity contribution in [3.8, 4) is 11.4 Å². The molecule has 31 heavy (non-hydrogen) atoms. The first-order chi connectivity index (χ1) is 14.5. The number of hydrogen-bond donors (Lipinski definition) is 1. The number of hydrogen-bond acceptors (Lipinski definition) is 6. The normalized spacial score (nSPS) is 12.3. The summed E-state index contributed by atoms with van der Waals surface area (Å²) in [4.78, 5) is 23.3. The van der Waals surface area contributed by atoms with E-state index in [0.29, 0.717) is 18.0 Å². The third-order valence-electron chi connectivity index (χ3n) is 3.77. The number of nitrogens with zero attached hydrogens (tertiary/aromatic N) is 5. The molecule has 2 aromatic heterocycles. The summed E-state index contributed by atoms with van der Waals surface area (Å²) in [6.45, 7) is -0.126. The van der Waals surface area contributed by atoms with Crippen LogP contribution in [0, 0.1) is 0 Å². The van der Waals surface area contributed by atoms with Crippen molar-refractivity contribution in [3.63, 3.8) is 0 Å². The number of carbonyl (C=O) groups excluding carboxylic acids is 1. The standard InChI is InChI=1S/C18H12F6N6O/c19-17(20,21)12-5-11(6-13(7-12)18(22,23)24)16-28-10-30(29-16)4-1-14(31)8-27-15-9-25-2-3-26-15/h1-7,9-10H,8H2,(H,26,27)/b4-1-. The maximum atomic E-state index is 13.0. The lowest BCUT2D eigenvalue weighted by Gasteiger charge is -2.13. The van der Waals surface area contributed by atoms with Crippen LogP contribution in [0.15, 0.2) is 49.2 Å². The highest BCUT2D eigenvalue weighted by Gasteiger charge is 2.37. The zero-order valence-corrected chi connectivity index (χ0v) is 15.3. The fraction of sp³-hybridized carbons (Fsp3) is 0.167. The fourth-order valence-electron chi connectivity index (χ4n) is 2.35. The van der Waals surface area contributed by atoms with Gasteiger partial charge in [0.2, 0.25) is 0 Å². The van der Waals surface area contributed by atoms with Crippen LogP contribution in [-0.2, 0) is 17.1 Å². The van der Waals surface area contributed by atoms with Gasteiger partial charge in [0, 0.05) is 30.2 Å². The smallest absolute Gasteiger partial charge is 0.361 e. The molecule has 0 radical (unpaired) electrons. The molecule has 0 spiro atoms. The van der Waals surface area contributed by atoms with Crippen LogP contribution in [0.25, 0.3) is 17.6 Å². The molecule has 13 heteroatoms. The molecular weight excluding hydrogens is 430 g/mol. The summed E-state index contributed by atoms with van der Waals surface area (Å²) < 4.78 is 78.9. The van der Waals surface area contributed by atoms with Crippen molar-refractivity contribution < 1.29 is 31.1 Å². The van der Waals surface area contributed by atoms with Crippen molar-refractivity contribution >= 4 is 17.8 Å². The zero-order chi connectivity index (χ0) is 22.6. The first kappa shape index (κ1) is 21.9. The van der Waals surface area contributed by atoms with Gasteiger partial charge in [0.05, 0.1) is 23.9 Å². The Morgan fingerprint density at radius 1 is 1.00 bits per heavy atom. The Bertz CT molecular complexity index is 1060. The fourth-order valence-corrected chi connectivity index (χ4v) is 2.35. The summed E-state index contributed by atoms with van der Waals surface area (Å²) in [6.07, 6.45) is -2.37. The van der Waals surface area contributed by atoms with Crippen LogP contribution in [-0.4, -0.2) is 37.1 Å². The van der Waals surface area contributed by atoms with Crippen LogP contribution in [0.1, 0.15) is 11.1 Å². The second-order valence-electron chi connectivity index (χ2n) is 6.07. The molecule has 0 aliphatic carbocycles. The predicted molar refractivity (Wildman–Crippen MR) is 96.3 cm³/mol. The molecule has 3 aromatic rings. The average Bonchev–Trinajstić information content (AvgIpc) is 3.19. The minimum absolute atomic E-state index is 0.0170. The van der Waals surface area contributed by atoms with E-state index in [-0.39, 0.29) is 18.4 Å². The summed E-state index contributed by atoms with van der Waals surface area (Å²) in [5.41, 5.74) is -3.42. The number of aromatic nitrogens is 5. The second kappa shape index (κ2) is 8.53. The van der Waals surface area contributed by atoms with Gasteiger partial charge in [-0.15, -0.1) is 5.10 Å². The number of ketones is 1. The van der Waals surface area contributed by atoms with Crippen LogP contribution in [0.5, 0.6) is 0 Å². The lowest BCUT2D eigenvalue weighted by molar-refractivity contribution is -0.143. The lowest BCUT2D eigenvalue weighted by Crippen LogP contribution is -2.12.